The fourth-order valence-corrected chi connectivity index (χ4v) is 2.50. The first kappa shape index (κ1) is 14.0. The van der Waals surface area contributed by atoms with Crippen molar-refractivity contribution in [3.8, 4) is 6.07 Å². The number of amides is 1. The summed E-state index contributed by atoms with van der Waals surface area (Å²) in [5, 5.41) is 11.9. The van der Waals surface area contributed by atoms with Gasteiger partial charge >= 0.3 is 0 Å². The largest absolute Gasteiger partial charge is 0.326 e. The van der Waals surface area contributed by atoms with Crippen LogP contribution >= 0.6 is 15.9 Å². The van der Waals surface area contributed by atoms with Crippen LogP contribution in [0.3, 0.4) is 0 Å². The van der Waals surface area contributed by atoms with Crippen LogP contribution in [0, 0.1) is 16.7 Å². The molecule has 0 atom stereocenters. The van der Waals surface area contributed by atoms with Crippen molar-refractivity contribution in [2.24, 2.45) is 5.41 Å². The number of hydrogen-bond donors (Lipinski definition) is 1. The minimum Gasteiger partial charge on any atom is -0.326 e. The fourth-order valence-electron chi connectivity index (χ4n) is 2.17. The first-order chi connectivity index (χ1) is 8.97. The molecule has 100 valence electrons. The molecule has 0 unspecified atom stereocenters. The van der Waals surface area contributed by atoms with Crippen LogP contribution in [0.25, 0.3) is 0 Å². The van der Waals surface area contributed by atoms with Crippen molar-refractivity contribution in [1.29, 1.82) is 5.26 Å². The molecule has 0 aliphatic heterocycles. The molecule has 0 aromatic heterocycles. The van der Waals surface area contributed by atoms with Gasteiger partial charge in [-0.2, -0.15) is 5.26 Å². The highest BCUT2D eigenvalue weighted by atomic mass is 79.9. The third kappa shape index (κ3) is 3.14. The lowest BCUT2D eigenvalue weighted by molar-refractivity contribution is -0.121. The lowest BCUT2D eigenvalue weighted by atomic mass is 10.1. The first-order valence-electron chi connectivity index (χ1n) is 6.13. The van der Waals surface area contributed by atoms with Crippen LogP contribution in [0.15, 0.2) is 22.7 Å². The monoisotopic (exact) mass is 321 g/mol. The van der Waals surface area contributed by atoms with Crippen LogP contribution in [0.4, 0.5) is 5.69 Å². The highest BCUT2D eigenvalue weighted by molar-refractivity contribution is 9.10. The molecule has 1 aromatic rings. The number of hydrogen-bond acceptors (Lipinski definition) is 3. The standard InChI is InChI=1S/C14H16BrN3O/c1-18(2)9-14(5-6-14)13(19)17-11-3-4-12(15)10(7-11)8-16/h3-4,7H,5-6,9H2,1-2H3,(H,17,19). The van der Waals surface area contributed by atoms with Gasteiger partial charge in [-0.25, -0.2) is 0 Å². The Hall–Kier alpha value is -1.38. The van der Waals surface area contributed by atoms with Crippen molar-refractivity contribution in [2.45, 2.75) is 12.8 Å². The average molecular weight is 322 g/mol. The molecule has 0 radical (unpaired) electrons. The van der Waals surface area contributed by atoms with Crippen molar-refractivity contribution in [1.82, 2.24) is 4.90 Å². The van der Waals surface area contributed by atoms with Crippen LogP contribution in [-0.2, 0) is 4.79 Å². The van der Waals surface area contributed by atoms with Gasteiger partial charge < -0.3 is 10.2 Å². The summed E-state index contributed by atoms with van der Waals surface area (Å²) in [7, 11) is 3.95. The van der Waals surface area contributed by atoms with E-state index in [2.05, 4.69) is 27.3 Å². The van der Waals surface area contributed by atoms with Crippen molar-refractivity contribution in [3.05, 3.63) is 28.2 Å². The number of carbonyl (C=O) groups is 1. The molecule has 1 aromatic carbocycles. The second-order valence-electron chi connectivity index (χ2n) is 5.28. The van der Waals surface area contributed by atoms with Crippen LogP contribution in [0.5, 0.6) is 0 Å². The highest BCUT2D eigenvalue weighted by Gasteiger charge is 2.49. The van der Waals surface area contributed by atoms with Crippen LogP contribution in [-0.4, -0.2) is 31.4 Å². The Bertz CT molecular complexity index is 544. The van der Waals surface area contributed by atoms with Gasteiger partial charge in [0.1, 0.15) is 6.07 Å². The van der Waals surface area contributed by atoms with Gasteiger partial charge in [-0.3, -0.25) is 4.79 Å². The molecule has 5 heteroatoms. The van der Waals surface area contributed by atoms with Gasteiger partial charge in [0.05, 0.1) is 11.0 Å². The Morgan fingerprint density at radius 3 is 2.74 bits per heavy atom. The van der Waals surface area contributed by atoms with E-state index in [1.54, 1.807) is 18.2 Å². The molecule has 1 N–H and O–H groups in total. The predicted molar refractivity (Wildman–Crippen MR) is 77.7 cm³/mol. The molecule has 0 saturated heterocycles. The zero-order valence-electron chi connectivity index (χ0n) is 11.0. The zero-order chi connectivity index (χ0) is 14.0. The molecule has 0 bridgehead atoms. The number of nitrogens with one attached hydrogen (secondary N) is 1. The van der Waals surface area contributed by atoms with Crippen LogP contribution < -0.4 is 5.32 Å². The fraction of sp³-hybridized carbons (Fsp3) is 0.429. The number of nitrogens with zero attached hydrogens (tertiary/aromatic N) is 2. The van der Waals surface area contributed by atoms with E-state index in [4.69, 9.17) is 5.26 Å². The van der Waals surface area contributed by atoms with E-state index in [0.717, 1.165) is 23.9 Å². The van der Waals surface area contributed by atoms with E-state index < -0.39 is 0 Å². The summed E-state index contributed by atoms with van der Waals surface area (Å²) in [5.74, 6) is 0.0485. The maximum absolute atomic E-state index is 12.3. The lowest BCUT2D eigenvalue weighted by Gasteiger charge is -2.19. The van der Waals surface area contributed by atoms with Crippen LogP contribution in [0.1, 0.15) is 18.4 Å². The predicted octanol–water partition coefficient (Wildman–Crippen LogP) is 2.60. The molecule has 2 rings (SSSR count). The molecule has 1 aliphatic rings. The summed E-state index contributed by atoms with van der Waals surface area (Å²) >= 11 is 3.30. The van der Waals surface area contributed by atoms with Gasteiger partial charge in [-0.15, -0.1) is 0 Å². The van der Waals surface area contributed by atoms with Gasteiger partial charge in [-0.05, 0) is 61.1 Å². The zero-order valence-corrected chi connectivity index (χ0v) is 12.6. The second-order valence-corrected chi connectivity index (χ2v) is 6.13. The topological polar surface area (TPSA) is 56.1 Å². The molecular formula is C14H16BrN3O. The SMILES string of the molecule is CN(C)CC1(C(=O)Nc2ccc(Br)c(C#N)c2)CC1. The van der Waals surface area contributed by atoms with E-state index >= 15 is 0 Å². The molecule has 1 aliphatic carbocycles. The Morgan fingerprint density at radius 1 is 1.53 bits per heavy atom. The van der Waals surface area contributed by atoms with Gasteiger partial charge in [-0.1, -0.05) is 0 Å². The Morgan fingerprint density at radius 2 is 2.21 bits per heavy atom. The van der Waals surface area contributed by atoms with E-state index in [1.165, 1.54) is 0 Å². The maximum Gasteiger partial charge on any atom is 0.231 e. The quantitative estimate of drug-likeness (QED) is 0.927. The first-order valence-corrected chi connectivity index (χ1v) is 6.92. The molecule has 19 heavy (non-hydrogen) atoms. The molecule has 0 heterocycles. The summed E-state index contributed by atoms with van der Waals surface area (Å²) < 4.78 is 0.738. The van der Waals surface area contributed by atoms with E-state index in [0.29, 0.717) is 11.3 Å². The normalized spacial score (nSPS) is 15.9. The molecule has 4 nitrogen and oxygen atoms in total. The summed E-state index contributed by atoms with van der Waals surface area (Å²) in [4.78, 5) is 14.3. The van der Waals surface area contributed by atoms with Gasteiger partial charge in [0.25, 0.3) is 0 Å². The van der Waals surface area contributed by atoms with Crippen LogP contribution in [0.2, 0.25) is 0 Å². The van der Waals surface area contributed by atoms with Gasteiger partial charge in [0.2, 0.25) is 5.91 Å². The molecule has 1 fully saturated rings. The molecule has 1 amide bonds. The minimum atomic E-state index is -0.247. The molecule has 1 saturated carbocycles. The molecular weight excluding hydrogens is 306 g/mol. The summed E-state index contributed by atoms with van der Waals surface area (Å²) in [6.07, 6.45) is 1.86. The Kier molecular flexibility index (Phi) is 3.93. The third-order valence-electron chi connectivity index (χ3n) is 3.30. The van der Waals surface area contributed by atoms with Gasteiger partial charge in [0.15, 0.2) is 0 Å². The van der Waals surface area contributed by atoms with E-state index in [9.17, 15) is 4.79 Å². The number of nitriles is 1. The average Bonchev–Trinajstić information content (AvgIpc) is 3.11. The summed E-state index contributed by atoms with van der Waals surface area (Å²) in [6.45, 7) is 0.764. The van der Waals surface area contributed by atoms with Crippen molar-refractivity contribution in [2.75, 3.05) is 26.0 Å². The van der Waals surface area contributed by atoms with Crippen molar-refractivity contribution < 1.29 is 4.79 Å². The summed E-state index contributed by atoms with van der Waals surface area (Å²) in [6, 6.07) is 7.35. The van der Waals surface area contributed by atoms with Crippen molar-refractivity contribution in [3.63, 3.8) is 0 Å². The van der Waals surface area contributed by atoms with E-state index in [-0.39, 0.29) is 11.3 Å². The smallest absolute Gasteiger partial charge is 0.231 e. The Balaban J connectivity index is 2.10. The number of carbonyl (C=O) groups excluding carboxylic acids is 1. The third-order valence-corrected chi connectivity index (χ3v) is 3.99. The Labute approximate surface area is 121 Å². The number of halogens is 1. The maximum atomic E-state index is 12.3. The van der Waals surface area contributed by atoms with E-state index in [1.807, 2.05) is 19.0 Å². The minimum absolute atomic E-state index is 0.0485. The van der Waals surface area contributed by atoms with Gasteiger partial charge in [0, 0.05) is 16.7 Å². The molecule has 0 spiro atoms. The second kappa shape index (κ2) is 5.32. The number of anilines is 1. The van der Waals surface area contributed by atoms with Crippen molar-refractivity contribution >= 4 is 27.5 Å². The number of benzene rings is 1. The summed E-state index contributed by atoms with van der Waals surface area (Å²) in [5.41, 5.74) is 0.952. The number of rotatable bonds is 4. The lowest BCUT2D eigenvalue weighted by Crippen LogP contribution is -2.33. The highest BCUT2D eigenvalue weighted by Crippen LogP contribution is 2.46.